The summed E-state index contributed by atoms with van der Waals surface area (Å²) in [5.74, 6) is 1.09. The van der Waals surface area contributed by atoms with Crippen LogP contribution in [0, 0.1) is 0 Å². The molecule has 0 fully saturated rings. The number of fused-ring (bicyclic) bond motifs is 1. The maximum Gasteiger partial charge on any atom is 0.115 e. The van der Waals surface area contributed by atoms with Crippen molar-refractivity contribution in [1.82, 2.24) is 9.55 Å². The average Bonchev–Trinajstić information content (AvgIpc) is 2.56. The predicted octanol–water partition coefficient (Wildman–Crippen LogP) is 3.06. The van der Waals surface area contributed by atoms with Crippen LogP contribution in [0.3, 0.4) is 0 Å². The fourth-order valence-corrected chi connectivity index (χ4v) is 2.38. The second-order valence-corrected chi connectivity index (χ2v) is 6.17. The largest absolute Gasteiger partial charge is 0.329 e. The molecule has 1 heterocycles. The molecule has 0 aliphatic carbocycles. The van der Waals surface area contributed by atoms with Crippen molar-refractivity contribution in [3.8, 4) is 0 Å². The first-order valence-electron chi connectivity index (χ1n) is 5.80. The fraction of sp³-hybridized carbons (Fsp3) is 0.462. The molecule has 92 valence electrons. The molecule has 0 saturated heterocycles. The molecule has 0 unspecified atom stereocenters. The fourth-order valence-electron chi connectivity index (χ4n) is 2.03. The van der Waals surface area contributed by atoms with Crippen molar-refractivity contribution in [2.24, 2.45) is 5.73 Å². The highest BCUT2D eigenvalue weighted by atomic mass is 79.9. The molecule has 0 aliphatic rings. The third-order valence-electron chi connectivity index (χ3n) is 2.73. The maximum atomic E-state index is 5.69. The van der Waals surface area contributed by atoms with Crippen LogP contribution in [0.4, 0.5) is 0 Å². The van der Waals surface area contributed by atoms with E-state index in [1.165, 1.54) is 0 Å². The first kappa shape index (κ1) is 12.6. The van der Waals surface area contributed by atoms with Crippen LogP contribution >= 0.6 is 15.9 Å². The summed E-state index contributed by atoms with van der Waals surface area (Å²) >= 11 is 3.48. The summed E-state index contributed by atoms with van der Waals surface area (Å²) in [7, 11) is 0. The molecule has 1 aromatic heterocycles. The van der Waals surface area contributed by atoms with Crippen LogP contribution in [0.25, 0.3) is 11.0 Å². The number of nitrogens with zero attached hydrogens (tertiary/aromatic N) is 2. The Kier molecular flexibility index (Phi) is 3.27. The number of nitrogens with two attached hydrogens (primary N) is 1. The zero-order valence-corrected chi connectivity index (χ0v) is 12.1. The summed E-state index contributed by atoms with van der Waals surface area (Å²) in [6, 6.07) is 6.19. The van der Waals surface area contributed by atoms with Gasteiger partial charge in [-0.2, -0.15) is 0 Å². The number of benzene rings is 1. The highest BCUT2D eigenvalue weighted by molar-refractivity contribution is 9.10. The van der Waals surface area contributed by atoms with Crippen molar-refractivity contribution in [3.63, 3.8) is 0 Å². The van der Waals surface area contributed by atoms with Crippen molar-refractivity contribution in [2.45, 2.75) is 32.7 Å². The minimum atomic E-state index is 0.0284. The first-order valence-corrected chi connectivity index (χ1v) is 6.59. The zero-order chi connectivity index (χ0) is 12.6. The molecule has 2 rings (SSSR count). The van der Waals surface area contributed by atoms with Gasteiger partial charge in [0.15, 0.2) is 0 Å². The second kappa shape index (κ2) is 4.42. The maximum absolute atomic E-state index is 5.69. The Hall–Kier alpha value is -0.870. The number of rotatable bonds is 2. The van der Waals surface area contributed by atoms with Gasteiger partial charge in [-0.1, -0.05) is 36.7 Å². The van der Waals surface area contributed by atoms with Crippen LogP contribution in [0.2, 0.25) is 0 Å². The van der Waals surface area contributed by atoms with E-state index in [1.54, 1.807) is 0 Å². The van der Waals surface area contributed by atoms with Crippen LogP contribution in [-0.2, 0) is 12.0 Å². The van der Waals surface area contributed by atoms with Crippen molar-refractivity contribution < 1.29 is 0 Å². The Morgan fingerprint density at radius 3 is 2.65 bits per heavy atom. The highest BCUT2D eigenvalue weighted by Gasteiger charge is 2.22. The lowest BCUT2D eigenvalue weighted by atomic mass is 9.95. The summed E-state index contributed by atoms with van der Waals surface area (Å²) < 4.78 is 3.28. The number of imidazole rings is 1. The van der Waals surface area contributed by atoms with E-state index in [0.717, 1.165) is 27.9 Å². The van der Waals surface area contributed by atoms with E-state index in [9.17, 15) is 0 Å². The van der Waals surface area contributed by atoms with E-state index in [4.69, 9.17) is 10.7 Å². The van der Waals surface area contributed by atoms with Gasteiger partial charge in [0, 0.05) is 23.0 Å². The molecule has 4 heteroatoms. The van der Waals surface area contributed by atoms with Gasteiger partial charge in [-0.25, -0.2) is 4.98 Å². The molecule has 0 amide bonds. The third-order valence-corrected chi connectivity index (χ3v) is 3.23. The van der Waals surface area contributed by atoms with Gasteiger partial charge in [0.2, 0.25) is 0 Å². The number of hydrogen-bond acceptors (Lipinski definition) is 2. The SMILES string of the molecule is CC(C)(C)c1nc2cc(Br)ccc2n1CCN. The lowest BCUT2D eigenvalue weighted by Crippen LogP contribution is -2.21. The molecular weight excluding hydrogens is 278 g/mol. The van der Waals surface area contributed by atoms with Gasteiger partial charge in [0.1, 0.15) is 5.82 Å². The summed E-state index contributed by atoms with van der Waals surface area (Å²) in [6.07, 6.45) is 0. The van der Waals surface area contributed by atoms with Crippen molar-refractivity contribution in [3.05, 3.63) is 28.5 Å². The summed E-state index contributed by atoms with van der Waals surface area (Å²) in [5.41, 5.74) is 7.91. The lowest BCUT2D eigenvalue weighted by Gasteiger charge is -2.19. The van der Waals surface area contributed by atoms with Crippen LogP contribution < -0.4 is 5.73 Å². The van der Waals surface area contributed by atoms with E-state index < -0.39 is 0 Å². The minimum Gasteiger partial charge on any atom is -0.329 e. The van der Waals surface area contributed by atoms with Crippen molar-refractivity contribution in [2.75, 3.05) is 6.54 Å². The molecule has 0 bridgehead atoms. The highest BCUT2D eigenvalue weighted by Crippen LogP contribution is 2.27. The molecule has 0 saturated carbocycles. The molecule has 0 radical (unpaired) electrons. The minimum absolute atomic E-state index is 0.0284. The van der Waals surface area contributed by atoms with Gasteiger partial charge in [-0.05, 0) is 18.2 Å². The zero-order valence-electron chi connectivity index (χ0n) is 10.5. The average molecular weight is 296 g/mol. The van der Waals surface area contributed by atoms with E-state index in [0.29, 0.717) is 6.54 Å². The summed E-state index contributed by atoms with van der Waals surface area (Å²) in [5, 5.41) is 0. The van der Waals surface area contributed by atoms with Gasteiger partial charge >= 0.3 is 0 Å². The molecule has 17 heavy (non-hydrogen) atoms. The van der Waals surface area contributed by atoms with Crippen molar-refractivity contribution in [1.29, 1.82) is 0 Å². The lowest BCUT2D eigenvalue weighted by molar-refractivity contribution is 0.506. The molecule has 2 aromatic rings. The van der Waals surface area contributed by atoms with Crippen LogP contribution in [0.5, 0.6) is 0 Å². The molecule has 0 aliphatic heterocycles. The normalized spacial score (nSPS) is 12.3. The van der Waals surface area contributed by atoms with Crippen LogP contribution in [0.15, 0.2) is 22.7 Å². The molecule has 0 spiro atoms. The Bertz CT molecular complexity index is 537. The molecule has 3 nitrogen and oxygen atoms in total. The number of halogens is 1. The molecular formula is C13H18BrN3. The second-order valence-electron chi connectivity index (χ2n) is 5.26. The monoisotopic (exact) mass is 295 g/mol. The molecule has 1 aromatic carbocycles. The quantitative estimate of drug-likeness (QED) is 0.925. The Morgan fingerprint density at radius 2 is 2.06 bits per heavy atom. The van der Waals surface area contributed by atoms with E-state index in [-0.39, 0.29) is 5.41 Å². The topological polar surface area (TPSA) is 43.8 Å². The van der Waals surface area contributed by atoms with E-state index in [2.05, 4.69) is 53.4 Å². The van der Waals surface area contributed by atoms with Gasteiger partial charge in [0.25, 0.3) is 0 Å². The summed E-state index contributed by atoms with van der Waals surface area (Å²) in [4.78, 5) is 4.74. The molecule has 2 N–H and O–H groups in total. The Morgan fingerprint density at radius 1 is 1.35 bits per heavy atom. The third kappa shape index (κ3) is 2.38. The Labute approximate surface area is 110 Å². The molecule has 0 atom stereocenters. The smallest absolute Gasteiger partial charge is 0.115 e. The van der Waals surface area contributed by atoms with Gasteiger partial charge in [0.05, 0.1) is 11.0 Å². The Balaban J connectivity index is 2.70. The number of hydrogen-bond donors (Lipinski definition) is 1. The first-order chi connectivity index (χ1) is 7.93. The predicted molar refractivity (Wildman–Crippen MR) is 75.2 cm³/mol. The van der Waals surface area contributed by atoms with Gasteiger partial charge < -0.3 is 10.3 Å². The van der Waals surface area contributed by atoms with Crippen LogP contribution in [0.1, 0.15) is 26.6 Å². The van der Waals surface area contributed by atoms with E-state index in [1.807, 2.05) is 6.07 Å². The number of aromatic nitrogens is 2. The van der Waals surface area contributed by atoms with Crippen LogP contribution in [-0.4, -0.2) is 16.1 Å². The summed E-state index contributed by atoms with van der Waals surface area (Å²) in [6.45, 7) is 7.97. The van der Waals surface area contributed by atoms with Crippen molar-refractivity contribution >= 4 is 27.0 Å². The van der Waals surface area contributed by atoms with E-state index >= 15 is 0 Å². The standard InChI is InChI=1S/C13H18BrN3/c1-13(2,3)12-16-10-8-9(14)4-5-11(10)17(12)7-6-15/h4-5,8H,6-7,15H2,1-3H3. The van der Waals surface area contributed by atoms with Gasteiger partial charge in [-0.3, -0.25) is 0 Å². The van der Waals surface area contributed by atoms with Gasteiger partial charge in [-0.15, -0.1) is 0 Å².